The molecule has 0 aliphatic carbocycles. The molecular formula is C11H14ClNO2. The number of hydrogen-bond donors (Lipinski definition) is 0. The number of carbonyl (C=O) groups excluding carboxylic acids is 1. The molecule has 1 amide bonds. The van der Waals surface area contributed by atoms with E-state index in [1.54, 1.807) is 7.05 Å². The summed E-state index contributed by atoms with van der Waals surface area (Å²) in [6.07, 6.45) is 0. The molecule has 0 aliphatic rings. The summed E-state index contributed by atoms with van der Waals surface area (Å²) in [6.45, 7) is 3.10. The zero-order valence-corrected chi connectivity index (χ0v) is 9.62. The molecule has 3 nitrogen and oxygen atoms in total. The maximum atomic E-state index is 10.8. The van der Waals surface area contributed by atoms with Gasteiger partial charge in [-0.25, -0.2) is 0 Å². The summed E-state index contributed by atoms with van der Waals surface area (Å²) >= 11 is 5.32. The molecule has 0 saturated carbocycles. The smallest absolute Gasteiger partial charge is 0.316 e. The number of rotatable bonds is 4. The van der Waals surface area contributed by atoms with Crippen LogP contribution in [0.5, 0.6) is 5.75 Å². The molecule has 0 aliphatic heterocycles. The van der Waals surface area contributed by atoms with Gasteiger partial charge in [0, 0.05) is 13.6 Å². The Morgan fingerprint density at radius 1 is 1.40 bits per heavy atom. The van der Waals surface area contributed by atoms with E-state index < -0.39 is 5.37 Å². The highest BCUT2D eigenvalue weighted by atomic mass is 35.5. The van der Waals surface area contributed by atoms with Gasteiger partial charge in [0.15, 0.2) is 0 Å². The van der Waals surface area contributed by atoms with Crippen LogP contribution in [-0.2, 0) is 6.54 Å². The van der Waals surface area contributed by atoms with Gasteiger partial charge in [-0.1, -0.05) is 12.1 Å². The normalized spacial score (nSPS) is 9.80. The van der Waals surface area contributed by atoms with Crippen molar-refractivity contribution in [3.63, 3.8) is 0 Å². The van der Waals surface area contributed by atoms with E-state index in [0.29, 0.717) is 13.2 Å². The standard InChI is InChI=1S/C11H14ClNO2/c1-3-15-10-6-4-9(5-7-10)8-13(2)11(12)14/h4-7H,3,8H2,1-2H3. The van der Waals surface area contributed by atoms with Gasteiger partial charge < -0.3 is 9.64 Å². The fourth-order valence-corrected chi connectivity index (χ4v) is 1.25. The lowest BCUT2D eigenvalue weighted by molar-refractivity contribution is 0.230. The number of benzene rings is 1. The maximum Gasteiger partial charge on any atom is 0.316 e. The summed E-state index contributed by atoms with van der Waals surface area (Å²) in [7, 11) is 1.66. The molecular weight excluding hydrogens is 214 g/mol. The first-order valence-corrected chi connectivity index (χ1v) is 5.13. The largest absolute Gasteiger partial charge is 0.494 e. The monoisotopic (exact) mass is 227 g/mol. The number of halogens is 1. The van der Waals surface area contributed by atoms with E-state index in [9.17, 15) is 4.79 Å². The highest BCUT2D eigenvalue weighted by Crippen LogP contribution is 2.13. The van der Waals surface area contributed by atoms with Gasteiger partial charge in [-0.3, -0.25) is 4.79 Å². The van der Waals surface area contributed by atoms with E-state index in [0.717, 1.165) is 11.3 Å². The molecule has 4 heteroatoms. The van der Waals surface area contributed by atoms with Gasteiger partial charge >= 0.3 is 5.37 Å². The van der Waals surface area contributed by atoms with Gasteiger partial charge in [-0.15, -0.1) is 0 Å². The predicted octanol–water partition coefficient (Wildman–Crippen LogP) is 2.88. The van der Waals surface area contributed by atoms with Crippen LogP contribution in [0.3, 0.4) is 0 Å². The molecule has 0 heterocycles. The van der Waals surface area contributed by atoms with Crippen molar-refractivity contribution in [2.24, 2.45) is 0 Å². The lowest BCUT2D eigenvalue weighted by Gasteiger charge is -2.13. The number of hydrogen-bond acceptors (Lipinski definition) is 2. The van der Waals surface area contributed by atoms with Crippen molar-refractivity contribution < 1.29 is 9.53 Å². The Hall–Kier alpha value is -1.22. The van der Waals surface area contributed by atoms with Crippen LogP contribution in [0.25, 0.3) is 0 Å². The summed E-state index contributed by atoms with van der Waals surface area (Å²) < 4.78 is 5.31. The van der Waals surface area contributed by atoms with E-state index in [1.807, 2.05) is 31.2 Å². The average molecular weight is 228 g/mol. The van der Waals surface area contributed by atoms with Crippen molar-refractivity contribution in [2.45, 2.75) is 13.5 Å². The minimum absolute atomic E-state index is 0.455. The van der Waals surface area contributed by atoms with E-state index in [-0.39, 0.29) is 0 Å². The summed E-state index contributed by atoms with van der Waals surface area (Å²) in [5, 5.41) is -0.455. The molecule has 0 aromatic heterocycles. The molecule has 1 aromatic rings. The van der Waals surface area contributed by atoms with Crippen molar-refractivity contribution in [1.82, 2.24) is 4.90 Å². The summed E-state index contributed by atoms with van der Waals surface area (Å²) in [5.41, 5.74) is 1.02. The molecule has 82 valence electrons. The van der Waals surface area contributed by atoms with Crippen molar-refractivity contribution in [3.05, 3.63) is 29.8 Å². The molecule has 0 N–H and O–H groups in total. The van der Waals surface area contributed by atoms with E-state index in [4.69, 9.17) is 16.3 Å². The molecule has 1 rings (SSSR count). The van der Waals surface area contributed by atoms with Crippen LogP contribution in [0.4, 0.5) is 4.79 Å². The van der Waals surface area contributed by atoms with Crippen molar-refractivity contribution in [2.75, 3.05) is 13.7 Å². The predicted molar refractivity (Wildman–Crippen MR) is 60.3 cm³/mol. The Labute approximate surface area is 94.6 Å². The number of carbonyl (C=O) groups is 1. The minimum atomic E-state index is -0.455. The molecule has 0 spiro atoms. The lowest BCUT2D eigenvalue weighted by Crippen LogP contribution is -2.19. The third-order valence-electron chi connectivity index (χ3n) is 1.95. The second kappa shape index (κ2) is 5.61. The fourth-order valence-electron chi connectivity index (χ4n) is 1.19. The fraction of sp³-hybridized carbons (Fsp3) is 0.364. The molecule has 1 aromatic carbocycles. The number of ether oxygens (including phenoxy) is 1. The first kappa shape index (κ1) is 11.9. The van der Waals surface area contributed by atoms with Gasteiger partial charge in [0.05, 0.1) is 6.61 Å². The van der Waals surface area contributed by atoms with Crippen molar-refractivity contribution in [1.29, 1.82) is 0 Å². The Morgan fingerprint density at radius 2 is 2.00 bits per heavy atom. The molecule has 0 radical (unpaired) electrons. The van der Waals surface area contributed by atoms with Crippen LogP contribution in [0.1, 0.15) is 12.5 Å². The Bertz CT molecular complexity index is 324. The quantitative estimate of drug-likeness (QED) is 0.585. The van der Waals surface area contributed by atoms with Gasteiger partial charge in [0.25, 0.3) is 0 Å². The summed E-state index contributed by atoms with van der Waals surface area (Å²) in [5.74, 6) is 0.834. The van der Waals surface area contributed by atoms with Gasteiger partial charge in [0.2, 0.25) is 0 Å². The second-order valence-corrected chi connectivity index (χ2v) is 3.51. The highest BCUT2D eigenvalue weighted by Gasteiger charge is 2.04. The molecule has 0 unspecified atom stereocenters. The minimum Gasteiger partial charge on any atom is -0.494 e. The van der Waals surface area contributed by atoms with E-state index >= 15 is 0 Å². The first-order valence-electron chi connectivity index (χ1n) is 4.75. The molecule has 0 bridgehead atoms. The Balaban J connectivity index is 2.60. The van der Waals surface area contributed by atoms with Gasteiger partial charge in [-0.05, 0) is 36.2 Å². The summed E-state index contributed by atoms with van der Waals surface area (Å²) in [6, 6.07) is 7.60. The topological polar surface area (TPSA) is 29.5 Å². The van der Waals surface area contributed by atoms with Crippen LogP contribution >= 0.6 is 11.6 Å². The zero-order valence-electron chi connectivity index (χ0n) is 8.87. The third-order valence-corrected chi connectivity index (χ3v) is 2.24. The molecule has 15 heavy (non-hydrogen) atoms. The van der Waals surface area contributed by atoms with Gasteiger partial charge in [-0.2, -0.15) is 0 Å². The van der Waals surface area contributed by atoms with Crippen molar-refractivity contribution in [3.8, 4) is 5.75 Å². The van der Waals surface area contributed by atoms with Crippen LogP contribution in [0, 0.1) is 0 Å². The maximum absolute atomic E-state index is 10.8. The van der Waals surface area contributed by atoms with Crippen LogP contribution in [0.2, 0.25) is 0 Å². The summed E-state index contributed by atoms with van der Waals surface area (Å²) in [4.78, 5) is 12.2. The third kappa shape index (κ3) is 3.80. The molecule has 0 atom stereocenters. The lowest BCUT2D eigenvalue weighted by atomic mass is 10.2. The van der Waals surface area contributed by atoms with E-state index in [1.165, 1.54) is 4.90 Å². The molecule has 0 saturated heterocycles. The Morgan fingerprint density at radius 3 is 2.47 bits per heavy atom. The Kier molecular flexibility index (Phi) is 4.43. The molecule has 0 fully saturated rings. The number of nitrogens with zero attached hydrogens (tertiary/aromatic N) is 1. The van der Waals surface area contributed by atoms with Gasteiger partial charge in [0.1, 0.15) is 5.75 Å². The van der Waals surface area contributed by atoms with Crippen LogP contribution in [0.15, 0.2) is 24.3 Å². The van der Waals surface area contributed by atoms with Crippen molar-refractivity contribution >= 4 is 17.0 Å². The SMILES string of the molecule is CCOc1ccc(CN(C)C(=O)Cl)cc1. The highest BCUT2D eigenvalue weighted by molar-refractivity contribution is 6.62. The zero-order chi connectivity index (χ0) is 11.3. The number of amides is 1. The van der Waals surface area contributed by atoms with Crippen LogP contribution < -0.4 is 4.74 Å². The first-order chi connectivity index (χ1) is 7.13. The van der Waals surface area contributed by atoms with Crippen LogP contribution in [-0.4, -0.2) is 23.9 Å². The average Bonchev–Trinajstić information content (AvgIpc) is 2.21. The second-order valence-electron chi connectivity index (χ2n) is 3.19. The van der Waals surface area contributed by atoms with E-state index in [2.05, 4.69) is 0 Å².